The Balaban J connectivity index is 1.44. The van der Waals surface area contributed by atoms with Crippen LogP contribution in [0, 0.1) is 6.92 Å². The number of sulfonamides is 1. The van der Waals surface area contributed by atoms with Gasteiger partial charge < -0.3 is 0 Å². The molecule has 4 rings (SSSR count). The lowest BCUT2D eigenvalue weighted by Gasteiger charge is -2.62. The largest absolute Gasteiger partial charge is 0.291 e. The quantitative estimate of drug-likeness (QED) is 0.858. The molecule has 2 aromatic rings. The van der Waals surface area contributed by atoms with Gasteiger partial charge in [-0.25, -0.2) is 8.42 Å². The smallest absolute Gasteiger partial charge is 0.243 e. The summed E-state index contributed by atoms with van der Waals surface area (Å²) in [7, 11) is -3.36. The van der Waals surface area contributed by atoms with E-state index in [9.17, 15) is 8.42 Å². The van der Waals surface area contributed by atoms with E-state index in [4.69, 9.17) is 0 Å². The lowest BCUT2D eigenvalue weighted by Crippen LogP contribution is -2.76. The van der Waals surface area contributed by atoms with Crippen molar-refractivity contribution in [3.63, 3.8) is 0 Å². The van der Waals surface area contributed by atoms with Gasteiger partial charge in [0.2, 0.25) is 10.0 Å². The average Bonchev–Trinajstić information content (AvgIpc) is 2.52. The fourth-order valence-corrected chi connectivity index (χ4v) is 5.23. The van der Waals surface area contributed by atoms with Crippen LogP contribution >= 0.6 is 0 Å². The van der Waals surface area contributed by atoms with Gasteiger partial charge in [-0.1, -0.05) is 48.0 Å². The van der Waals surface area contributed by atoms with E-state index in [0.29, 0.717) is 18.0 Å². The normalized spacial score (nSPS) is 20.5. The molecule has 4 nitrogen and oxygen atoms in total. The third-order valence-electron chi connectivity index (χ3n) is 5.33. The molecule has 0 radical (unpaired) electrons. The highest BCUT2D eigenvalue weighted by atomic mass is 32.2. The Kier molecular flexibility index (Phi) is 3.75. The fraction of sp³-hybridized carbons (Fsp3) is 0.368. The first-order valence-electron chi connectivity index (χ1n) is 8.35. The first kappa shape index (κ1) is 15.8. The van der Waals surface area contributed by atoms with Crippen LogP contribution in [0.5, 0.6) is 0 Å². The lowest BCUT2D eigenvalue weighted by molar-refractivity contribution is -0.0971. The van der Waals surface area contributed by atoms with Crippen LogP contribution in [0.2, 0.25) is 0 Å². The minimum absolute atomic E-state index is 0.0492. The van der Waals surface area contributed by atoms with Gasteiger partial charge in [-0.15, -0.1) is 0 Å². The van der Waals surface area contributed by atoms with E-state index >= 15 is 0 Å². The Hall–Kier alpha value is -1.69. The van der Waals surface area contributed by atoms with Crippen LogP contribution in [-0.2, 0) is 16.6 Å². The van der Waals surface area contributed by atoms with Crippen LogP contribution in [0.3, 0.4) is 0 Å². The summed E-state index contributed by atoms with van der Waals surface area (Å²) in [6, 6.07) is 17.5. The van der Waals surface area contributed by atoms with Crippen LogP contribution in [0.4, 0.5) is 0 Å². The third-order valence-corrected chi connectivity index (χ3v) is 7.14. The van der Waals surface area contributed by atoms with Crippen molar-refractivity contribution in [2.24, 2.45) is 0 Å². The number of likely N-dealkylation sites (tertiary alicyclic amines) is 1. The summed E-state index contributed by atoms with van der Waals surface area (Å²) in [5.74, 6) is 0. The molecule has 2 heterocycles. The number of aryl methyl sites for hydroxylation is 1. The maximum Gasteiger partial charge on any atom is 0.243 e. The molecule has 0 bridgehead atoms. The molecule has 126 valence electrons. The Labute approximate surface area is 143 Å². The molecule has 0 aliphatic carbocycles. The van der Waals surface area contributed by atoms with Crippen LogP contribution in [0.1, 0.15) is 17.5 Å². The molecule has 2 aliphatic rings. The molecular formula is C19H22N2O2S. The number of hydrogen-bond acceptors (Lipinski definition) is 3. The fourth-order valence-electron chi connectivity index (χ4n) is 3.63. The SMILES string of the molecule is Cc1ccc(S(=O)(=O)N2CC3(CCN3Cc3ccccc3)C2)cc1. The molecule has 2 fully saturated rings. The number of rotatable bonds is 4. The highest BCUT2D eigenvalue weighted by Gasteiger charge is 2.56. The molecule has 2 saturated heterocycles. The van der Waals surface area contributed by atoms with Gasteiger partial charge in [0, 0.05) is 26.2 Å². The molecule has 0 N–H and O–H groups in total. The van der Waals surface area contributed by atoms with Crippen LogP contribution in [0.25, 0.3) is 0 Å². The summed E-state index contributed by atoms with van der Waals surface area (Å²) in [6.07, 6.45) is 1.08. The van der Waals surface area contributed by atoms with Crippen molar-refractivity contribution in [3.05, 3.63) is 65.7 Å². The van der Waals surface area contributed by atoms with Crippen molar-refractivity contribution in [1.82, 2.24) is 9.21 Å². The molecular weight excluding hydrogens is 320 g/mol. The highest BCUT2D eigenvalue weighted by molar-refractivity contribution is 7.89. The van der Waals surface area contributed by atoms with E-state index in [1.54, 1.807) is 16.4 Å². The van der Waals surface area contributed by atoms with Gasteiger partial charge in [0.05, 0.1) is 10.4 Å². The van der Waals surface area contributed by atoms with Crippen molar-refractivity contribution in [1.29, 1.82) is 0 Å². The summed E-state index contributed by atoms with van der Waals surface area (Å²) in [5.41, 5.74) is 2.41. The van der Waals surface area contributed by atoms with Crippen molar-refractivity contribution in [3.8, 4) is 0 Å². The molecule has 24 heavy (non-hydrogen) atoms. The second-order valence-corrected chi connectivity index (χ2v) is 8.91. The van der Waals surface area contributed by atoms with Gasteiger partial charge in [0.25, 0.3) is 0 Å². The summed E-state index contributed by atoms with van der Waals surface area (Å²) >= 11 is 0. The van der Waals surface area contributed by atoms with Crippen LogP contribution < -0.4 is 0 Å². The molecule has 5 heteroatoms. The highest BCUT2D eigenvalue weighted by Crippen LogP contribution is 2.42. The van der Waals surface area contributed by atoms with Gasteiger partial charge in [0.1, 0.15) is 0 Å². The van der Waals surface area contributed by atoms with E-state index in [0.717, 1.165) is 25.1 Å². The van der Waals surface area contributed by atoms with E-state index in [1.165, 1.54) is 5.56 Å². The monoisotopic (exact) mass is 342 g/mol. The number of nitrogens with zero attached hydrogens (tertiary/aromatic N) is 2. The van der Waals surface area contributed by atoms with Crippen molar-refractivity contribution >= 4 is 10.0 Å². The van der Waals surface area contributed by atoms with Gasteiger partial charge in [-0.2, -0.15) is 4.31 Å². The van der Waals surface area contributed by atoms with Gasteiger partial charge >= 0.3 is 0 Å². The predicted octanol–water partition coefficient (Wildman–Crippen LogP) is 2.64. The molecule has 0 atom stereocenters. The average molecular weight is 342 g/mol. The third kappa shape index (κ3) is 2.57. The van der Waals surface area contributed by atoms with E-state index in [1.807, 2.05) is 25.1 Å². The summed E-state index contributed by atoms with van der Waals surface area (Å²) < 4.78 is 27.1. The van der Waals surface area contributed by atoms with E-state index < -0.39 is 10.0 Å². The molecule has 2 aromatic carbocycles. The Morgan fingerprint density at radius 1 is 1.00 bits per heavy atom. The van der Waals surface area contributed by atoms with Crippen molar-refractivity contribution < 1.29 is 8.42 Å². The Bertz CT molecular complexity index is 825. The maximum atomic E-state index is 12.7. The second-order valence-electron chi connectivity index (χ2n) is 6.97. The van der Waals surface area contributed by atoms with Gasteiger partial charge in [-0.3, -0.25) is 4.90 Å². The predicted molar refractivity (Wildman–Crippen MR) is 94.1 cm³/mol. The summed E-state index contributed by atoms with van der Waals surface area (Å²) in [5, 5.41) is 0. The second kappa shape index (κ2) is 5.69. The molecule has 0 amide bonds. The molecule has 2 aliphatic heterocycles. The number of hydrogen-bond donors (Lipinski definition) is 0. The Morgan fingerprint density at radius 3 is 2.25 bits per heavy atom. The van der Waals surface area contributed by atoms with Gasteiger partial charge in [-0.05, 0) is 31.0 Å². The van der Waals surface area contributed by atoms with E-state index in [2.05, 4.69) is 29.2 Å². The first-order valence-corrected chi connectivity index (χ1v) is 9.79. The van der Waals surface area contributed by atoms with Crippen LogP contribution in [-0.4, -0.2) is 42.8 Å². The minimum Gasteiger partial charge on any atom is -0.291 e. The first-order chi connectivity index (χ1) is 11.5. The zero-order valence-electron chi connectivity index (χ0n) is 13.9. The number of benzene rings is 2. The zero-order chi connectivity index (χ0) is 16.8. The van der Waals surface area contributed by atoms with E-state index in [-0.39, 0.29) is 5.54 Å². The van der Waals surface area contributed by atoms with Crippen LogP contribution in [0.15, 0.2) is 59.5 Å². The summed E-state index contributed by atoms with van der Waals surface area (Å²) in [4.78, 5) is 2.82. The topological polar surface area (TPSA) is 40.6 Å². The standard InChI is InChI=1S/C19H22N2O2S/c1-16-7-9-18(10-8-16)24(22,23)21-14-19(15-21)11-12-20(19)13-17-5-3-2-4-6-17/h2-10H,11-15H2,1H3. The zero-order valence-corrected chi connectivity index (χ0v) is 14.7. The lowest BCUT2D eigenvalue weighted by atomic mass is 9.79. The Morgan fingerprint density at radius 2 is 1.67 bits per heavy atom. The molecule has 0 aromatic heterocycles. The molecule has 0 unspecified atom stereocenters. The summed E-state index contributed by atoms with van der Waals surface area (Å²) in [6.45, 7) is 5.13. The minimum atomic E-state index is -3.36. The maximum absolute atomic E-state index is 12.7. The van der Waals surface area contributed by atoms with Gasteiger partial charge in [0.15, 0.2) is 0 Å². The van der Waals surface area contributed by atoms with Crippen molar-refractivity contribution in [2.45, 2.75) is 30.3 Å². The van der Waals surface area contributed by atoms with Crippen molar-refractivity contribution in [2.75, 3.05) is 19.6 Å². The molecule has 0 saturated carbocycles. The molecule has 1 spiro atoms.